The lowest BCUT2D eigenvalue weighted by atomic mass is 9.65. The van der Waals surface area contributed by atoms with Crippen LogP contribution in [0.1, 0.15) is 24.5 Å². The molecule has 0 amide bonds. The van der Waals surface area contributed by atoms with Gasteiger partial charge in [-0.15, -0.1) is 0 Å². The van der Waals surface area contributed by atoms with E-state index in [1.165, 1.54) is 16.3 Å². The third-order valence-electron chi connectivity index (χ3n) is 4.88. The summed E-state index contributed by atoms with van der Waals surface area (Å²) in [6.45, 7) is 1.84. The zero-order chi connectivity index (χ0) is 13.9. The number of aryl methyl sites for hydroxylation is 1. The van der Waals surface area contributed by atoms with Crippen LogP contribution in [0.2, 0.25) is 0 Å². The van der Waals surface area contributed by atoms with Gasteiger partial charge < -0.3 is 4.74 Å². The Morgan fingerprint density at radius 2 is 1.95 bits per heavy atom. The fourth-order valence-corrected chi connectivity index (χ4v) is 3.73. The monoisotopic (exact) mass is 266 g/mol. The second kappa shape index (κ2) is 3.69. The van der Waals surface area contributed by atoms with Gasteiger partial charge in [-0.05, 0) is 41.7 Å². The minimum absolute atomic E-state index is 0.330. The zero-order valence-electron chi connectivity index (χ0n) is 11.2. The summed E-state index contributed by atoms with van der Waals surface area (Å²) in [6.07, 6.45) is 1.50. The van der Waals surface area contributed by atoms with Gasteiger partial charge in [-0.1, -0.05) is 36.4 Å². The summed E-state index contributed by atoms with van der Waals surface area (Å²) in [5.41, 5.74) is 1.34. The highest BCUT2D eigenvalue weighted by Gasteiger charge is 2.57. The third-order valence-corrected chi connectivity index (χ3v) is 4.88. The molecule has 3 heteroatoms. The van der Waals surface area contributed by atoms with Crippen LogP contribution in [0.5, 0.6) is 0 Å². The molecule has 4 rings (SSSR count). The predicted molar refractivity (Wildman–Crippen MR) is 74.2 cm³/mol. The summed E-state index contributed by atoms with van der Waals surface area (Å²) in [5, 5.41) is 2.35. The summed E-state index contributed by atoms with van der Waals surface area (Å²) in [5.74, 6) is -1.09. The first-order valence-corrected chi connectivity index (χ1v) is 6.89. The Morgan fingerprint density at radius 1 is 1.15 bits per heavy atom. The number of rotatable bonds is 0. The Kier molecular flexibility index (Phi) is 2.15. The van der Waals surface area contributed by atoms with Crippen molar-refractivity contribution in [2.45, 2.75) is 25.2 Å². The molecule has 20 heavy (non-hydrogen) atoms. The fourth-order valence-electron chi connectivity index (χ4n) is 3.73. The van der Waals surface area contributed by atoms with Gasteiger partial charge in [0.1, 0.15) is 5.41 Å². The van der Waals surface area contributed by atoms with Crippen LogP contribution in [0.4, 0.5) is 0 Å². The van der Waals surface area contributed by atoms with Crippen molar-refractivity contribution >= 4 is 22.7 Å². The molecule has 2 atom stereocenters. The van der Waals surface area contributed by atoms with E-state index in [1.807, 2.05) is 31.2 Å². The Labute approximate surface area is 116 Å². The van der Waals surface area contributed by atoms with Gasteiger partial charge in [0.15, 0.2) is 0 Å². The van der Waals surface area contributed by atoms with E-state index in [0.29, 0.717) is 6.42 Å². The molecule has 2 aromatic rings. The molecule has 1 aliphatic heterocycles. The molecular formula is C17H14O3. The Hall–Kier alpha value is -2.16. The smallest absolute Gasteiger partial charge is 0.324 e. The molecule has 1 fully saturated rings. The average molecular weight is 266 g/mol. The molecule has 0 bridgehead atoms. The van der Waals surface area contributed by atoms with Crippen LogP contribution in [0.25, 0.3) is 10.8 Å². The largest absolute Gasteiger partial charge is 0.392 e. The number of fused-ring (bicyclic) bond motifs is 5. The summed E-state index contributed by atoms with van der Waals surface area (Å²) >= 11 is 0. The number of carbonyl (C=O) groups is 2. The number of esters is 2. The molecule has 0 saturated carbocycles. The van der Waals surface area contributed by atoms with Gasteiger partial charge in [-0.25, -0.2) is 0 Å². The molecule has 1 saturated heterocycles. The zero-order valence-corrected chi connectivity index (χ0v) is 11.2. The molecule has 0 spiro atoms. The van der Waals surface area contributed by atoms with Crippen molar-refractivity contribution in [1.82, 2.24) is 0 Å². The molecule has 0 N–H and O–H groups in total. The number of carbonyl (C=O) groups excluding carboxylic acids is 2. The van der Waals surface area contributed by atoms with Crippen LogP contribution >= 0.6 is 0 Å². The van der Waals surface area contributed by atoms with Gasteiger partial charge in [0.25, 0.3) is 0 Å². The molecule has 0 unspecified atom stereocenters. The minimum atomic E-state index is -0.811. The van der Waals surface area contributed by atoms with Crippen molar-refractivity contribution in [3.63, 3.8) is 0 Å². The second-order valence-corrected chi connectivity index (χ2v) is 5.81. The number of ether oxygens (including phenoxy) is 1. The van der Waals surface area contributed by atoms with Crippen LogP contribution in [-0.4, -0.2) is 11.9 Å². The Bertz CT molecular complexity index is 762. The first-order chi connectivity index (χ1) is 9.62. The maximum Gasteiger partial charge on any atom is 0.324 e. The van der Waals surface area contributed by atoms with Gasteiger partial charge in [0.05, 0.1) is 5.92 Å². The molecule has 1 aliphatic carbocycles. The second-order valence-electron chi connectivity index (χ2n) is 5.81. The summed E-state index contributed by atoms with van der Waals surface area (Å²) in [4.78, 5) is 24.1. The predicted octanol–water partition coefficient (Wildman–Crippen LogP) is 2.74. The topological polar surface area (TPSA) is 43.4 Å². The lowest BCUT2D eigenvalue weighted by molar-refractivity contribution is -0.154. The summed E-state index contributed by atoms with van der Waals surface area (Å²) in [6, 6.07) is 12.2. The Morgan fingerprint density at radius 3 is 2.80 bits per heavy atom. The van der Waals surface area contributed by atoms with Gasteiger partial charge in [0, 0.05) is 0 Å². The minimum Gasteiger partial charge on any atom is -0.392 e. The van der Waals surface area contributed by atoms with Crippen LogP contribution < -0.4 is 0 Å². The van der Waals surface area contributed by atoms with Crippen molar-refractivity contribution in [2.24, 2.45) is 5.92 Å². The fraction of sp³-hybridized carbons (Fsp3) is 0.294. The van der Waals surface area contributed by atoms with Crippen molar-refractivity contribution in [1.29, 1.82) is 0 Å². The normalized spacial score (nSPS) is 28.1. The van der Waals surface area contributed by atoms with Crippen molar-refractivity contribution < 1.29 is 14.3 Å². The highest BCUT2D eigenvalue weighted by molar-refractivity contribution is 6.04. The first-order valence-electron chi connectivity index (χ1n) is 6.89. The van der Waals surface area contributed by atoms with Gasteiger partial charge in [0.2, 0.25) is 0 Å². The highest BCUT2D eigenvalue weighted by Crippen LogP contribution is 2.48. The number of hydrogen-bond acceptors (Lipinski definition) is 3. The van der Waals surface area contributed by atoms with Crippen molar-refractivity contribution in [2.75, 3.05) is 0 Å². The van der Waals surface area contributed by atoms with Gasteiger partial charge in [-0.3, -0.25) is 9.59 Å². The van der Waals surface area contributed by atoms with Gasteiger partial charge >= 0.3 is 11.9 Å². The van der Waals surface area contributed by atoms with E-state index in [1.54, 1.807) is 0 Å². The molecular weight excluding hydrogens is 252 g/mol. The van der Waals surface area contributed by atoms with E-state index in [0.717, 1.165) is 12.0 Å². The van der Waals surface area contributed by atoms with Crippen molar-refractivity contribution in [3.8, 4) is 0 Å². The SMILES string of the molecule is C[C@]12C(=O)OC(=O)[C@H]1CCc1c2ccc2ccccc12. The van der Waals surface area contributed by atoms with E-state index >= 15 is 0 Å². The number of cyclic esters (lactones) is 2. The first kappa shape index (κ1) is 11.6. The van der Waals surface area contributed by atoms with E-state index in [2.05, 4.69) is 12.1 Å². The lowest BCUT2D eigenvalue weighted by Crippen LogP contribution is -2.39. The maximum atomic E-state index is 12.2. The van der Waals surface area contributed by atoms with Crippen LogP contribution in [0, 0.1) is 5.92 Å². The third kappa shape index (κ3) is 1.25. The standard InChI is InChI=1S/C17H14O3/c1-17-13-8-6-10-4-2-3-5-11(10)12(13)7-9-14(17)15(18)20-16(17)19/h2-6,8,14H,7,9H2,1H3/t14-,17-/m1/s1. The van der Waals surface area contributed by atoms with Gasteiger partial charge in [-0.2, -0.15) is 0 Å². The quantitative estimate of drug-likeness (QED) is 0.544. The maximum absolute atomic E-state index is 12.2. The van der Waals surface area contributed by atoms with Crippen molar-refractivity contribution in [3.05, 3.63) is 47.5 Å². The molecule has 2 aromatic carbocycles. The summed E-state index contributed by atoms with van der Waals surface area (Å²) < 4.78 is 4.90. The molecule has 0 aromatic heterocycles. The van der Waals surface area contributed by atoms with E-state index < -0.39 is 11.4 Å². The van der Waals surface area contributed by atoms with Crippen LogP contribution in [-0.2, 0) is 26.2 Å². The summed E-state index contributed by atoms with van der Waals surface area (Å²) in [7, 11) is 0. The van der Waals surface area contributed by atoms with E-state index in [4.69, 9.17) is 4.74 Å². The number of hydrogen-bond donors (Lipinski definition) is 0. The molecule has 2 aliphatic rings. The molecule has 0 radical (unpaired) electrons. The van der Waals surface area contributed by atoms with E-state index in [9.17, 15) is 9.59 Å². The van der Waals surface area contributed by atoms with Crippen LogP contribution in [0.15, 0.2) is 36.4 Å². The number of benzene rings is 2. The lowest BCUT2D eigenvalue weighted by Gasteiger charge is -2.33. The molecule has 100 valence electrons. The van der Waals surface area contributed by atoms with Crippen LogP contribution in [0.3, 0.4) is 0 Å². The Balaban J connectivity index is 2.04. The molecule has 1 heterocycles. The molecule has 3 nitrogen and oxygen atoms in total. The highest BCUT2D eigenvalue weighted by atomic mass is 16.6. The average Bonchev–Trinajstić information content (AvgIpc) is 2.69. The van der Waals surface area contributed by atoms with E-state index in [-0.39, 0.29) is 11.9 Å².